The molecule has 0 saturated carbocycles. The summed E-state index contributed by atoms with van der Waals surface area (Å²) in [5.74, 6) is 0. The van der Waals surface area contributed by atoms with Crippen molar-refractivity contribution in [3.8, 4) is 0 Å². The third-order valence-corrected chi connectivity index (χ3v) is 2.26. The standard InChI is InChI=1S/C6H5BrN2O2/c1-4-2-8-3-5(6(4)7)9(10)11/h2-3H,1H3. The van der Waals surface area contributed by atoms with Gasteiger partial charge in [0.15, 0.2) is 0 Å². The summed E-state index contributed by atoms with van der Waals surface area (Å²) in [6.07, 6.45) is 2.79. The Morgan fingerprint density at radius 2 is 2.27 bits per heavy atom. The highest BCUT2D eigenvalue weighted by molar-refractivity contribution is 9.10. The van der Waals surface area contributed by atoms with Gasteiger partial charge in [-0.25, -0.2) is 0 Å². The summed E-state index contributed by atoms with van der Waals surface area (Å²) in [5, 5.41) is 10.3. The third kappa shape index (κ3) is 1.54. The van der Waals surface area contributed by atoms with Crippen LogP contribution in [0.2, 0.25) is 0 Å². The van der Waals surface area contributed by atoms with Gasteiger partial charge in [-0.15, -0.1) is 0 Å². The van der Waals surface area contributed by atoms with Crippen molar-refractivity contribution in [2.45, 2.75) is 6.92 Å². The fourth-order valence-electron chi connectivity index (χ4n) is 0.662. The van der Waals surface area contributed by atoms with Crippen molar-refractivity contribution in [1.82, 2.24) is 4.98 Å². The van der Waals surface area contributed by atoms with Crippen LogP contribution < -0.4 is 0 Å². The predicted octanol–water partition coefficient (Wildman–Crippen LogP) is 2.06. The monoisotopic (exact) mass is 216 g/mol. The molecule has 11 heavy (non-hydrogen) atoms. The molecule has 0 unspecified atom stereocenters. The number of nitro groups is 1. The van der Waals surface area contributed by atoms with Crippen LogP contribution in [0.1, 0.15) is 5.56 Å². The smallest absolute Gasteiger partial charge is 0.258 e. The molecule has 0 atom stereocenters. The lowest BCUT2D eigenvalue weighted by Gasteiger charge is -1.96. The first-order valence-corrected chi connectivity index (χ1v) is 3.66. The van der Waals surface area contributed by atoms with Crippen LogP contribution in [-0.4, -0.2) is 9.91 Å². The van der Waals surface area contributed by atoms with Crippen LogP contribution in [0.25, 0.3) is 0 Å². The van der Waals surface area contributed by atoms with Gasteiger partial charge in [-0.3, -0.25) is 15.1 Å². The molecule has 1 aromatic heterocycles. The molecule has 0 amide bonds. The van der Waals surface area contributed by atoms with E-state index < -0.39 is 4.92 Å². The van der Waals surface area contributed by atoms with Crippen molar-refractivity contribution in [3.63, 3.8) is 0 Å². The molecule has 0 N–H and O–H groups in total. The number of rotatable bonds is 1. The Kier molecular flexibility index (Phi) is 2.19. The zero-order chi connectivity index (χ0) is 8.43. The maximum absolute atomic E-state index is 10.3. The first kappa shape index (κ1) is 8.13. The molecule has 0 aliphatic carbocycles. The second-order valence-corrected chi connectivity index (χ2v) is 2.84. The average molecular weight is 217 g/mol. The van der Waals surface area contributed by atoms with E-state index in [1.165, 1.54) is 6.20 Å². The summed E-state index contributed by atoms with van der Waals surface area (Å²) >= 11 is 3.10. The Bertz CT molecular complexity index is 301. The summed E-state index contributed by atoms with van der Waals surface area (Å²) in [7, 11) is 0. The fourth-order valence-corrected chi connectivity index (χ4v) is 1.01. The van der Waals surface area contributed by atoms with Gasteiger partial charge in [0.1, 0.15) is 10.7 Å². The van der Waals surface area contributed by atoms with Crippen molar-refractivity contribution in [3.05, 3.63) is 32.5 Å². The predicted molar refractivity (Wildman–Crippen MR) is 43.3 cm³/mol. The molecule has 0 bridgehead atoms. The van der Waals surface area contributed by atoms with E-state index in [2.05, 4.69) is 20.9 Å². The Hall–Kier alpha value is -0.970. The number of hydrogen-bond donors (Lipinski definition) is 0. The number of halogens is 1. The van der Waals surface area contributed by atoms with Crippen LogP contribution in [0.3, 0.4) is 0 Å². The SMILES string of the molecule is Cc1cncc([N+](=O)[O-])c1Br. The van der Waals surface area contributed by atoms with Crippen LogP contribution in [0.15, 0.2) is 16.9 Å². The van der Waals surface area contributed by atoms with E-state index in [0.29, 0.717) is 4.47 Å². The topological polar surface area (TPSA) is 56.0 Å². The van der Waals surface area contributed by atoms with E-state index in [4.69, 9.17) is 0 Å². The minimum Gasteiger partial charge on any atom is -0.258 e. The Morgan fingerprint density at radius 1 is 1.64 bits per heavy atom. The van der Waals surface area contributed by atoms with Gasteiger partial charge in [0, 0.05) is 6.20 Å². The molecule has 0 aromatic carbocycles. The van der Waals surface area contributed by atoms with Gasteiger partial charge in [-0.2, -0.15) is 0 Å². The van der Waals surface area contributed by atoms with E-state index in [1.54, 1.807) is 13.1 Å². The number of hydrogen-bond acceptors (Lipinski definition) is 3. The Morgan fingerprint density at radius 3 is 2.73 bits per heavy atom. The van der Waals surface area contributed by atoms with Gasteiger partial charge in [0.05, 0.1) is 4.92 Å². The van der Waals surface area contributed by atoms with Crippen molar-refractivity contribution >= 4 is 21.6 Å². The van der Waals surface area contributed by atoms with E-state index in [9.17, 15) is 10.1 Å². The minimum atomic E-state index is -0.468. The van der Waals surface area contributed by atoms with Crippen LogP contribution in [0, 0.1) is 17.0 Å². The van der Waals surface area contributed by atoms with Crippen LogP contribution in [0.4, 0.5) is 5.69 Å². The number of pyridine rings is 1. The summed E-state index contributed by atoms with van der Waals surface area (Å²) in [6.45, 7) is 1.75. The Balaban J connectivity index is 3.27. The van der Waals surface area contributed by atoms with Crippen LogP contribution >= 0.6 is 15.9 Å². The molecule has 1 aromatic rings. The second-order valence-electron chi connectivity index (χ2n) is 2.05. The minimum absolute atomic E-state index is 0.00463. The molecule has 0 radical (unpaired) electrons. The van der Waals surface area contributed by atoms with E-state index in [1.807, 2.05) is 0 Å². The lowest BCUT2D eigenvalue weighted by Crippen LogP contribution is -1.91. The highest BCUT2D eigenvalue weighted by Gasteiger charge is 2.12. The van der Waals surface area contributed by atoms with Gasteiger partial charge in [0.2, 0.25) is 0 Å². The molecule has 0 fully saturated rings. The Labute approximate surface area is 71.5 Å². The average Bonchev–Trinajstić information content (AvgIpc) is 1.94. The molecular weight excluding hydrogens is 212 g/mol. The molecule has 0 spiro atoms. The lowest BCUT2D eigenvalue weighted by molar-refractivity contribution is -0.386. The molecule has 4 nitrogen and oxygen atoms in total. The molecule has 1 rings (SSSR count). The number of aryl methyl sites for hydroxylation is 1. The molecule has 0 aliphatic rings. The van der Waals surface area contributed by atoms with Crippen molar-refractivity contribution < 1.29 is 4.92 Å². The molecule has 1 heterocycles. The van der Waals surface area contributed by atoms with Gasteiger partial charge in [0.25, 0.3) is 0 Å². The molecule has 5 heteroatoms. The van der Waals surface area contributed by atoms with E-state index in [-0.39, 0.29) is 5.69 Å². The van der Waals surface area contributed by atoms with Crippen molar-refractivity contribution in [1.29, 1.82) is 0 Å². The molecule has 0 aliphatic heterocycles. The molecular formula is C6H5BrN2O2. The van der Waals surface area contributed by atoms with Crippen molar-refractivity contribution in [2.24, 2.45) is 0 Å². The molecule has 58 valence electrons. The quantitative estimate of drug-likeness (QED) is 0.534. The van der Waals surface area contributed by atoms with E-state index >= 15 is 0 Å². The largest absolute Gasteiger partial charge is 0.301 e. The second kappa shape index (κ2) is 2.96. The van der Waals surface area contributed by atoms with Crippen LogP contribution in [0.5, 0.6) is 0 Å². The summed E-state index contributed by atoms with van der Waals surface area (Å²) < 4.78 is 0.498. The zero-order valence-electron chi connectivity index (χ0n) is 5.74. The molecule has 0 saturated heterocycles. The van der Waals surface area contributed by atoms with Crippen molar-refractivity contribution in [2.75, 3.05) is 0 Å². The lowest BCUT2D eigenvalue weighted by atomic mass is 10.3. The summed E-state index contributed by atoms with van der Waals surface area (Å²) in [6, 6.07) is 0. The highest BCUT2D eigenvalue weighted by atomic mass is 79.9. The summed E-state index contributed by atoms with van der Waals surface area (Å²) in [5.41, 5.74) is 0.768. The van der Waals surface area contributed by atoms with E-state index in [0.717, 1.165) is 5.56 Å². The fraction of sp³-hybridized carbons (Fsp3) is 0.167. The first-order valence-electron chi connectivity index (χ1n) is 2.87. The highest BCUT2D eigenvalue weighted by Crippen LogP contribution is 2.25. The zero-order valence-corrected chi connectivity index (χ0v) is 7.33. The van der Waals surface area contributed by atoms with Crippen LogP contribution in [-0.2, 0) is 0 Å². The van der Waals surface area contributed by atoms with Gasteiger partial charge in [-0.05, 0) is 28.4 Å². The van der Waals surface area contributed by atoms with Gasteiger partial charge >= 0.3 is 5.69 Å². The maximum atomic E-state index is 10.3. The summed E-state index contributed by atoms with van der Waals surface area (Å²) in [4.78, 5) is 13.5. The number of nitrogens with zero attached hydrogens (tertiary/aromatic N) is 2. The number of aromatic nitrogens is 1. The normalized spacial score (nSPS) is 9.64. The maximum Gasteiger partial charge on any atom is 0.301 e. The third-order valence-electron chi connectivity index (χ3n) is 1.23. The van der Waals surface area contributed by atoms with Gasteiger partial charge in [-0.1, -0.05) is 0 Å². The van der Waals surface area contributed by atoms with Gasteiger partial charge < -0.3 is 0 Å². The first-order chi connectivity index (χ1) is 5.13.